The van der Waals surface area contributed by atoms with E-state index in [4.69, 9.17) is 21.2 Å². The highest BCUT2D eigenvalue weighted by Crippen LogP contribution is 2.37. The van der Waals surface area contributed by atoms with Crippen molar-refractivity contribution in [2.45, 2.75) is 31.1 Å². The largest absolute Gasteiger partial charge is 0.304 e. The summed E-state index contributed by atoms with van der Waals surface area (Å²) in [6, 6.07) is 5.82. The first-order valence-corrected chi connectivity index (χ1v) is 5.31. The zero-order valence-electron chi connectivity index (χ0n) is 15.5. The summed E-state index contributed by atoms with van der Waals surface area (Å²) in [5.74, 6) is -1.16. The van der Waals surface area contributed by atoms with Gasteiger partial charge in [-0.3, -0.25) is 4.79 Å². The van der Waals surface area contributed by atoms with Crippen LogP contribution < -0.4 is 5.32 Å². The Labute approximate surface area is 111 Å². The van der Waals surface area contributed by atoms with Crippen molar-refractivity contribution < 1.29 is 14.4 Å². The predicted molar refractivity (Wildman–Crippen MR) is 65.7 cm³/mol. The Bertz CT molecular complexity index is 631. The molecule has 1 aromatic carbocycles. The van der Waals surface area contributed by atoms with Crippen LogP contribution in [0.15, 0.2) is 24.3 Å². The average molecular weight is 245 g/mol. The first-order chi connectivity index (χ1) is 10.3. The van der Waals surface area contributed by atoms with Gasteiger partial charge in [-0.25, -0.2) is 0 Å². The second-order valence-electron chi connectivity index (χ2n) is 3.54. The fraction of sp³-hybridized carbons (Fsp3) is 0.462. The molecule has 0 bridgehead atoms. The molecule has 2 rings (SSSR count). The Morgan fingerprint density at radius 3 is 3.06 bits per heavy atom. The van der Waals surface area contributed by atoms with E-state index in [9.17, 15) is 4.79 Å². The van der Waals surface area contributed by atoms with Crippen LogP contribution in [-0.4, -0.2) is 12.8 Å². The molecule has 0 aliphatic heterocycles. The van der Waals surface area contributed by atoms with Gasteiger partial charge in [-0.2, -0.15) is 0 Å². The monoisotopic (exact) mass is 244 g/mol. The minimum Gasteiger partial charge on any atom is -0.304 e. The normalized spacial score (nSPS) is 39.3. The van der Waals surface area contributed by atoms with Crippen molar-refractivity contribution in [3.8, 4) is 0 Å². The number of Topliss-reactive ketones (excluding diaryl/α,β-unsaturated/α-hetero) is 1. The molecule has 1 fully saturated rings. The fourth-order valence-electron chi connectivity index (χ4n) is 1.79. The van der Waals surface area contributed by atoms with Crippen LogP contribution in [0.25, 0.3) is 0 Å². The molecule has 0 radical (unpaired) electrons. The van der Waals surface area contributed by atoms with E-state index in [0.717, 1.165) is 0 Å². The van der Waals surface area contributed by atoms with E-state index in [-0.39, 0.29) is 23.4 Å². The van der Waals surface area contributed by atoms with Gasteiger partial charge in [0, 0.05) is 21.0 Å². The topological polar surface area (TPSA) is 29.1 Å². The summed E-state index contributed by atoms with van der Waals surface area (Å²) in [6.07, 6.45) is -5.33. The van der Waals surface area contributed by atoms with Gasteiger partial charge in [-0.05, 0) is 31.4 Å². The first-order valence-electron chi connectivity index (χ1n) is 8.43. The maximum atomic E-state index is 12.8. The molecule has 86 valence electrons. The lowest BCUT2D eigenvalue weighted by Crippen LogP contribution is -2.49. The molecule has 0 heterocycles. The number of nitrogens with one attached hydrogen (secondary N) is 1. The van der Waals surface area contributed by atoms with Gasteiger partial charge in [0.2, 0.25) is 0 Å². The number of benzene rings is 1. The van der Waals surface area contributed by atoms with Gasteiger partial charge in [0.1, 0.15) is 5.54 Å². The fourth-order valence-corrected chi connectivity index (χ4v) is 2.07. The molecule has 2 nitrogen and oxygen atoms in total. The van der Waals surface area contributed by atoms with Gasteiger partial charge in [0.05, 0.1) is 0 Å². The van der Waals surface area contributed by atoms with Crippen molar-refractivity contribution in [3.05, 3.63) is 34.9 Å². The summed E-state index contributed by atoms with van der Waals surface area (Å²) < 4.78 is 54.6. The molecule has 1 unspecified atom stereocenters. The second-order valence-corrected chi connectivity index (χ2v) is 3.94. The third-order valence-corrected chi connectivity index (χ3v) is 2.94. The number of halogens is 1. The van der Waals surface area contributed by atoms with E-state index in [1.54, 1.807) is 6.07 Å². The third-order valence-electron chi connectivity index (χ3n) is 2.61. The Morgan fingerprint density at radius 2 is 2.31 bits per heavy atom. The number of carbonyl (C=O) groups is 1. The molecule has 0 aromatic heterocycles. The van der Waals surface area contributed by atoms with Crippen LogP contribution in [0.2, 0.25) is 5.02 Å². The molecular formula is C13H16ClNO. The van der Waals surface area contributed by atoms with E-state index in [1.165, 1.54) is 18.2 Å². The third kappa shape index (κ3) is 1.76. The maximum Gasteiger partial charge on any atom is 0.157 e. The van der Waals surface area contributed by atoms with Gasteiger partial charge < -0.3 is 5.32 Å². The molecule has 1 saturated carbocycles. The lowest BCUT2D eigenvalue weighted by atomic mass is 9.75. The maximum absolute atomic E-state index is 12.8. The van der Waals surface area contributed by atoms with Gasteiger partial charge in [-0.1, -0.05) is 36.2 Å². The van der Waals surface area contributed by atoms with Crippen LogP contribution in [0.3, 0.4) is 0 Å². The molecule has 0 amide bonds. The van der Waals surface area contributed by atoms with Crippen LogP contribution in [0.5, 0.6) is 0 Å². The average Bonchev–Trinajstić information content (AvgIpc) is 2.40. The number of rotatable bonds is 2. The highest BCUT2D eigenvalue weighted by atomic mass is 35.5. The van der Waals surface area contributed by atoms with Crippen molar-refractivity contribution in [2.75, 3.05) is 6.98 Å². The zero-order chi connectivity index (χ0) is 17.7. The van der Waals surface area contributed by atoms with Crippen LogP contribution in [0.4, 0.5) is 0 Å². The predicted octanol–water partition coefficient (Wildman–Crippen LogP) is 2.90. The van der Waals surface area contributed by atoms with Crippen molar-refractivity contribution in [2.24, 2.45) is 0 Å². The molecule has 1 aliphatic rings. The summed E-state index contributed by atoms with van der Waals surface area (Å²) in [5.41, 5.74) is -2.46. The summed E-state index contributed by atoms with van der Waals surface area (Å²) >= 11 is 6.10. The highest BCUT2D eigenvalue weighted by molar-refractivity contribution is 6.31. The number of ketones is 1. The lowest BCUT2D eigenvalue weighted by Gasteiger charge is -2.36. The number of carbonyl (C=O) groups excluding carboxylic acids is 1. The molecule has 1 N–H and O–H groups in total. The molecular weight excluding hydrogens is 222 g/mol. The van der Waals surface area contributed by atoms with Gasteiger partial charge in [0.15, 0.2) is 5.78 Å². The van der Waals surface area contributed by atoms with Crippen molar-refractivity contribution in [3.63, 3.8) is 0 Å². The number of hydrogen-bond donors (Lipinski definition) is 1. The number of hydrogen-bond acceptors (Lipinski definition) is 2. The molecule has 1 atom stereocenters. The van der Waals surface area contributed by atoms with E-state index in [0.29, 0.717) is 0 Å². The van der Waals surface area contributed by atoms with Crippen LogP contribution >= 0.6 is 11.6 Å². The van der Waals surface area contributed by atoms with E-state index < -0.39 is 31.0 Å². The SMILES string of the molecule is [2H]C([2H])([2H])NC1(c2ccccc2Cl)C(=O)C([2H])([2H])CCC1([2H])[2H]. The highest BCUT2D eigenvalue weighted by Gasteiger charge is 2.40. The Kier molecular flexibility index (Phi) is 1.61. The summed E-state index contributed by atoms with van der Waals surface area (Å²) in [5, 5.41) is 2.07. The minimum absolute atomic E-state index is 0.000764. The first kappa shape index (κ1) is 5.65. The van der Waals surface area contributed by atoms with E-state index in [2.05, 4.69) is 5.32 Å². The zero-order valence-corrected chi connectivity index (χ0v) is 9.27. The smallest absolute Gasteiger partial charge is 0.157 e. The van der Waals surface area contributed by atoms with Crippen LogP contribution in [0, 0.1) is 0 Å². The van der Waals surface area contributed by atoms with Crippen LogP contribution in [0.1, 0.15) is 40.7 Å². The Morgan fingerprint density at radius 1 is 1.50 bits per heavy atom. The summed E-state index contributed by atoms with van der Waals surface area (Å²) in [4.78, 5) is 12.8. The molecule has 1 aliphatic carbocycles. The van der Waals surface area contributed by atoms with Gasteiger partial charge in [0.25, 0.3) is 0 Å². The molecule has 16 heavy (non-hydrogen) atoms. The van der Waals surface area contributed by atoms with Gasteiger partial charge in [-0.15, -0.1) is 0 Å². The minimum atomic E-state index is -2.87. The summed E-state index contributed by atoms with van der Waals surface area (Å²) in [6.45, 7) is -2.87. The number of likely N-dealkylation sites (N-methyl/N-ethyl adjacent to an activating group) is 1. The molecule has 0 spiro atoms. The molecule has 3 heteroatoms. The van der Waals surface area contributed by atoms with Crippen LogP contribution in [-0.2, 0) is 10.3 Å². The van der Waals surface area contributed by atoms with Crippen molar-refractivity contribution in [1.29, 1.82) is 0 Å². The van der Waals surface area contributed by atoms with Gasteiger partial charge >= 0.3 is 0 Å². The quantitative estimate of drug-likeness (QED) is 0.867. The Hall–Kier alpha value is -0.860. The lowest BCUT2D eigenvalue weighted by molar-refractivity contribution is -0.127. The van der Waals surface area contributed by atoms with E-state index in [1.807, 2.05) is 0 Å². The van der Waals surface area contributed by atoms with E-state index >= 15 is 0 Å². The summed E-state index contributed by atoms with van der Waals surface area (Å²) in [7, 11) is 0. The second kappa shape index (κ2) is 4.56. The van der Waals surface area contributed by atoms with Crippen molar-refractivity contribution >= 4 is 17.4 Å². The molecule has 1 aromatic rings. The Balaban J connectivity index is 2.79. The standard InChI is InChI=1S/C13H16ClNO/c1-15-13(9-5-4-8-12(13)16)10-6-2-3-7-11(10)14/h2-3,6-7,15H,4-5,8-9H2,1H3/i1D3,8D2,9D2. The van der Waals surface area contributed by atoms with Crippen molar-refractivity contribution in [1.82, 2.24) is 5.32 Å². The molecule has 0 saturated heterocycles.